The van der Waals surface area contributed by atoms with Crippen molar-refractivity contribution in [3.63, 3.8) is 0 Å². The lowest BCUT2D eigenvalue weighted by Gasteiger charge is -2.56. The van der Waals surface area contributed by atoms with Crippen molar-refractivity contribution in [2.75, 3.05) is 19.6 Å². The minimum atomic E-state index is -0.892. The molecule has 2 atom stereocenters. The Hall–Kier alpha value is -3.96. The van der Waals surface area contributed by atoms with Gasteiger partial charge in [-0.05, 0) is 97.7 Å². The van der Waals surface area contributed by atoms with Crippen LogP contribution in [0.1, 0.15) is 71.7 Å². The van der Waals surface area contributed by atoms with Crippen LogP contribution >= 0.6 is 11.6 Å². The number of carbonyl (C=O) groups excluding carboxylic acids is 3. The zero-order chi connectivity index (χ0) is 30.6. The number of H-pyrrole nitrogens is 1. The van der Waals surface area contributed by atoms with Gasteiger partial charge in [-0.1, -0.05) is 18.1 Å². The number of aromatic nitrogens is 1. The van der Waals surface area contributed by atoms with Gasteiger partial charge in [-0.2, -0.15) is 0 Å². The molecular formula is C35H36ClN3O5. The number of alkyl halides is 1. The molecule has 4 fully saturated rings. The first-order valence-corrected chi connectivity index (χ1v) is 15.9. The van der Waals surface area contributed by atoms with E-state index in [2.05, 4.69) is 16.2 Å². The number of benzene rings is 2. The van der Waals surface area contributed by atoms with Crippen LogP contribution in [0, 0.1) is 30.1 Å². The molecule has 1 unspecified atom stereocenters. The van der Waals surface area contributed by atoms with E-state index in [9.17, 15) is 14.4 Å². The zero-order valence-electron chi connectivity index (χ0n) is 24.7. The van der Waals surface area contributed by atoms with Gasteiger partial charge in [0.05, 0.1) is 13.2 Å². The van der Waals surface area contributed by atoms with E-state index in [1.54, 1.807) is 0 Å². The number of rotatable bonds is 7. The van der Waals surface area contributed by atoms with Crippen LogP contribution in [0.3, 0.4) is 0 Å². The largest absolute Gasteiger partial charge is 0.481 e. The Kier molecular flexibility index (Phi) is 7.32. The number of amides is 2. The number of nitrogens with one attached hydrogen (secondary N) is 2. The quantitative estimate of drug-likeness (QED) is 0.219. The molecule has 2 amide bonds. The molecule has 4 bridgehead atoms. The highest BCUT2D eigenvalue weighted by Crippen LogP contribution is 2.55. The van der Waals surface area contributed by atoms with E-state index in [0.717, 1.165) is 64.7 Å². The molecule has 5 aliphatic rings. The van der Waals surface area contributed by atoms with E-state index < -0.39 is 24.0 Å². The van der Waals surface area contributed by atoms with Crippen LogP contribution in [-0.4, -0.2) is 58.8 Å². The summed E-state index contributed by atoms with van der Waals surface area (Å²) >= 11 is 6.10. The van der Waals surface area contributed by atoms with Gasteiger partial charge in [0.15, 0.2) is 0 Å². The van der Waals surface area contributed by atoms with Crippen LogP contribution in [0.25, 0.3) is 10.9 Å². The Morgan fingerprint density at radius 3 is 2.36 bits per heavy atom. The molecular weight excluding hydrogens is 578 g/mol. The minimum absolute atomic E-state index is 0.0610. The highest BCUT2D eigenvalue weighted by molar-refractivity contribution is 6.27. The molecule has 0 spiro atoms. The van der Waals surface area contributed by atoms with Gasteiger partial charge < -0.3 is 24.7 Å². The maximum Gasteiger partial charge on any atom is 0.328 e. The Morgan fingerprint density at radius 1 is 1.07 bits per heavy atom. The predicted octanol–water partition coefficient (Wildman–Crippen LogP) is 5.13. The molecule has 2 N–H and O–H groups in total. The smallest absolute Gasteiger partial charge is 0.328 e. The van der Waals surface area contributed by atoms with Crippen LogP contribution < -0.4 is 10.1 Å². The number of hydrogen-bond acceptors (Lipinski definition) is 5. The third-order valence-electron chi connectivity index (χ3n) is 10.3. The molecule has 0 radical (unpaired) electrons. The first-order valence-electron chi connectivity index (χ1n) is 15.4. The summed E-state index contributed by atoms with van der Waals surface area (Å²) in [6.07, 6.45) is 12.8. The number of fused-ring (bicyclic) bond motifs is 3. The second kappa shape index (κ2) is 11.2. The molecule has 3 aromatic rings. The summed E-state index contributed by atoms with van der Waals surface area (Å²) in [7, 11) is 1.31. The molecule has 4 saturated carbocycles. The lowest BCUT2D eigenvalue weighted by Crippen LogP contribution is -2.59. The normalized spacial score (nSPS) is 28.3. The summed E-state index contributed by atoms with van der Waals surface area (Å²) in [5, 5.41) is 4.32. The van der Waals surface area contributed by atoms with E-state index in [1.165, 1.54) is 31.3 Å². The molecule has 0 saturated heterocycles. The van der Waals surface area contributed by atoms with Crippen LogP contribution in [0.2, 0.25) is 0 Å². The Morgan fingerprint density at radius 2 is 1.75 bits per heavy atom. The average Bonchev–Trinajstić information content (AvgIpc) is 3.38. The maximum atomic E-state index is 13.6. The van der Waals surface area contributed by atoms with Gasteiger partial charge in [0.1, 0.15) is 24.3 Å². The second-order valence-electron chi connectivity index (χ2n) is 13.1. The van der Waals surface area contributed by atoms with E-state index >= 15 is 0 Å². The Labute approximate surface area is 261 Å². The molecule has 4 aliphatic carbocycles. The molecule has 8 rings (SSSR count). The number of esters is 1. The SMILES string of the molecule is C#CCOc1ccc2[nH]c3c(c2c1)CC(C(=O)OC)N(C(=O)CCl)[C@H]3c1ccc(C(=O)NC23CC4CC(CC(C4)C2)C3)cc1. The van der Waals surface area contributed by atoms with E-state index in [1.807, 2.05) is 42.5 Å². The Bertz CT molecular complexity index is 1640. The van der Waals surface area contributed by atoms with Crippen molar-refractivity contribution in [1.82, 2.24) is 15.2 Å². The molecule has 8 nitrogen and oxygen atoms in total. The molecule has 228 valence electrons. The van der Waals surface area contributed by atoms with Crippen molar-refractivity contribution < 1.29 is 23.9 Å². The number of methoxy groups -OCH3 is 1. The highest BCUT2D eigenvalue weighted by atomic mass is 35.5. The molecule has 2 aromatic carbocycles. The number of aromatic amines is 1. The Balaban J connectivity index is 1.24. The van der Waals surface area contributed by atoms with Crippen molar-refractivity contribution in [2.24, 2.45) is 17.8 Å². The van der Waals surface area contributed by atoms with Crippen molar-refractivity contribution >= 4 is 40.3 Å². The van der Waals surface area contributed by atoms with Gasteiger partial charge >= 0.3 is 5.97 Å². The van der Waals surface area contributed by atoms with E-state index in [4.69, 9.17) is 27.5 Å². The van der Waals surface area contributed by atoms with Crippen LogP contribution in [-0.2, 0) is 20.7 Å². The van der Waals surface area contributed by atoms with E-state index in [0.29, 0.717) is 11.3 Å². The fourth-order valence-corrected chi connectivity index (χ4v) is 9.11. The first kappa shape index (κ1) is 28.8. The fourth-order valence-electron chi connectivity index (χ4n) is 8.97. The third kappa shape index (κ3) is 4.92. The van der Waals surface area contributed by atoms with Gasteiger partial charge in [-0.3, -0.25) is 9.59 Å². The molecule has 1 aromatic heterocycles. The first-order chi connectivity index (χ1) is 21.3. The van der Waals surface area contributed by atoms with Gasteiger partial charge in [-0.25, -0.2) is 4.79 Å². The number of halogens is 1. The van der Waals surface area contributed by atoms with Gasteiger partial charge in [-0.15, -0.1) is 18.0 Å². The topological polar surface area (TPSA) is 101 Å². The summed E-state index contributed by atoms with van der Waals surface area (Å²) in [5.41, 5.74) is 3.73. The van der Waals surface area contributed by atoms with Crippen molar-refractivity contribution in [2.45, 2.75) is 62.6 Å². The monoisotopic (exact) mass is 613 g/mol. The molecule has 9 heteroatoms. The summed E-state index contributed by atoms with van der Waals surface area (Å²) in [4.78, 5) is 45.1. The zero-order valence-corrected chi connectivity index (χ0v) is 25.5. The maximum absolute atomic E-state index is 13.6. The lowest BCUT2D eigenvalue weighted by molar-refractivity contribution is -0.154. The predicted molar refractivity (Wildman–Crippen MR) is 166 cm³/mol. The molecule has 44 heavy (non-hydrogen) atoms. The third-order valence-corrected chi connectivity index (χ3v) is 10.5. The van der Waals surface area contributed by atoms with Gasteiger partial charge in [0.2, 0.25) is 5.91 Å². The van der Waals surface area contributed by atoms with Crippen molar-refractivity contribution in [3.05, 3.63) is 64.8 Å². The number of carbonyl (C=O) groups is 3. The average molecular weight is 614 g/mol. The van der Waals surface area contributed by atoms with Gasteiger partial charge in [0.25, 0.3) is 5.91 Å². The number of ether oxygens (including phenoxy) is 2. The molecule has 2 heterocycles. The summed E-state index contributed by atoms with van der Waals surface area (Å²) in [6, 6.07) is 11.4. The summed E-state index contributed by atoms with van der Waals surface area (Å²) in [5.74, 6) is 4.00. The highest BCUT2D eigenvalue weighted by Gasteiger charge is 2.51. The summed E-state index contributed by atoms with van der Waals surface area (Å²) < 4.78 is 10.8. The van der Waals surface area contributed by atoms with E-state index in [-0.39, 0.29) is 30.4 Å². The van der Waals surface area contributed by atoms with Crippen molar-refractivity contribution in [3.8, 4) is 18.1 Å². The fraction of sp³-hybridized carbons (Fsp3) is 0.457. The van der Waals surface area contributed by atoms with Crippen LogP contribution in [0.5, 0.6) is 5.75 Å². The lowest BCUT2D eigenvalue weighted by atomic mass is 9.53. The standard InChI is InChI=1S/C35H36ClN3O5/c1-3-10-44-25-8-9-28-26(14-25)27-15-29(34(42)43-2)39(30(40)19-36)32(31(27)37-28)23-4-6-24(7-5-23)33(41)38-35-16-20-11-21(17-35)13-22(12-20)18-35/h1,4-9,14,20-22,29,32,37H,10-13,15-19H2,2H3,(H,38,41)/t20?,21?,22?,29?,32-,35?/m0/s1. The van der Waals surface area contributed by atoms with Crippen LogP contribution in [0.4, 0.5) is 0 Å². The van der Waals surface area contributed by atoms with Crippen LogP contribution in [0.15, 0.2) is 42.5 Å². The van der Waals surface area contributed by atoms with Gasteiger partial charge in [0, 0.05) is 34.1 Å². The molecule has 1 aliphatic heterocycles. The summed E-state index contributed by atoms with van der Waals surface area (Å²) in [6.45, 7) is 0.131. The second-order valence-corrected chi connectivity index (χ2v) is 13.3. The number of terminal acetylenes is 1. The van der Waals surface area contributed by atoms with Crippen molar-refractivity contribution in [1.29, 1.82) is 0 Å². The minimum Gasteiger partial charge on any atom is -0.481 e. The number of hydrogen-bond donors (Lipinski definition) is 2. The number of nitrogens with zero attached hydrogens (tertiary/aromatic N) is 1.